The maximum atomic E-state index is 13.9. The summed E-state index contributed by atoms with van der Waals surface area (Å²) < 4.78 is 5.54. The fourth-order valence-corrected chi connectivity index (χ4v) is 7.56. The van der Waals surface area contributed by atoms with Gasteiger partial charge in [-0.2, -0.15) is 4.98 Å². The summed E-state index contributed by atoms with van der Waals surface area (Å²) >= 11 is 6.45. The second kappa shape index (κ2) is 13.9. The van der Waals surface area contributed by atoms with Crippen molar-refractivity contribution in [1.82, 2.24) is 24.8 Å². The van der Waals surface area contributed by atoms with Crippen molar-refractivity contribution in [3.8, 4) is 0 Å². The lowest BCUT2D eigenvalue weighted by atomic mass is 9.77. The van der Waals surface area contributed by atoms with Crippen molar-refractivity contribution in [2.24, 2.45) is 11.3 Å². The predicted molar refractivity (Wildman–Crippen MR) is 181 cm³/mol. The molecular weight excluding hydrogens is 604 g/mol. The van der Waals surface area contributed by atoms with Crippen LogP contribution in [0.1, 0.15) is 78.6 Å². The number of halogens is 1. The number of rotatable bonds is 7. The van der Waals surface area contributed by atoms with Gasteiger partial charge in [-0.1, -0.05) is 11.6 Å². The number of amides is 2. The molecule has 2 aromatic rings. The Morgan fingerprint density at radius 2 is 1.72 bits per heavy atom. The molecule has 1 N–H and O–H groups in total. The summed E-state index contributed by atoms with van der Waals surface area (Å²) in [5, 5.41) is 3.84. The lowest BCUT2D eigenvalue weighted by molar-refractivity contribution is -0.128. The van der Waals surface area contributed by atoms with Gasteiger partial charge in [0.1, 0.15) is 10.6 Å². The standard InChI is InChI=1S/C34H49ClN8O3/c1-33(2,3)46-32(45)42-16-8-25(9-17-42)7-15-40-18-10-34(11-19-40)12-20-43(30(34)44)27-21-26(22-36-23-27)38-31-37-24-28(35)29(39-31)41-13-5-4-6-14-41/h21-25H,4-20H2,1-3H3,(H,37,38,39). The third-order valence-electron chi connectivity index (χ3n) is 10.1. The monoisotopic (exact) mass is 652 g/mol. The van der Waals surface area contributed by atoms with E-state index in [1.54, 1.807) is 18.6 Å². The average molecular weight is 653 g/mol. The molecule has 6 rings (SSSR count). The molecule has 0 unspecified atom stereocenters. The number of carbonyl (C=O) groups is 2. The molecule has 4 fully saturated rings. The van der Waals surface area contributed by atoms with Gasteiger partial charge in [-0.15, -0.1) is 0 Å². The zero-order valence-electron chi connectivity index (χ0n) is 27.6. The molecule has 0 atom stereocenters. The highest BCUT2D eigenvalue weighted by atomic mass is 35.5. The van der Waals surface area contributed by atoms with Gasteiger partial charge >= 0.3 is 6.09 Å². The van der Waals surface area contributed by atoms with E-state index in [1.807, 2.05) is 36.6 Å². The molecule has 2 amide bonds. The van der Waals surface area contributed by atoms with E-state index in [4.69, 9.17) is 21.3 Å². The third kappa shape index (κ3) is 7.68. The van der Waals surface area contributed by atoms with E-state index in [2.05, 4.69) is 25.1 Å². The van der Waals surface area contributed by atoms with Crippen molar-refractivity contribution < 1.29 is 14.3 Å². The minimum absolute atomic E-state index is 0.196. The third-order valence-corrected chi connectivity index (χ3v) is 10.4. The van der Waals surface area contributed by atoms with Gasteiger partial charge in [0.25, 0.3) is 0 Å². The van der Waals surface area contributed by atoms with Crippen LogP contribution in [0.5, 0.6) is 0 Å². The highest BCUT2D eigenvalue weighted by Crippen LogP contribution is 2.43. The molecule has 0 saturated carbocycles. The van der Waals surface area contributed by atoms with Crippen molar-refractivity contribution >= 4 is 46.7 Å². The van der Waals surface area contributed by atoms with Crippen LogP contribution in [0.25, 0.3) is 0 Å². The fourth-order valence-electron chi connectivity index (χ4n) is 7.35. The zero-order valence-corrected chi connectivity index (χ0v) is 28.4. The van der Waals surface area contributed by atoms with Crippen molar-refractivity contribution in [1.29, 1.82) is 0 Å². The molecule has 4 aliphatic heterocycles. The molecular formula is C34H49ClN8O3. The van der Waals surface area contributed by atoms with E-state index in [-0.39, 0.29) is 17.4 Å². The van der Waals surface area contributed by atoms with Gasteiger partial charge in [0.2, 0.25) is 11.9 Å². The van der Waals surface area contributed by atoms with Crippen molar-refractivity contribution in [2.75, 3.05) is 67.5 Å². The Morgan fingerprint density at radius 3 is 2.43 bits per heavy atom. The van der Waals surface area contributed by atoms with E-state index in [1.165, 1.54) is 6.42 Å². The van der Waals surface area contributed by atoms with Crippen LogP contribution in [0.3, 0.4) is 0 Å². The minimum Gasteiger partial charge on any atom is -0.444 e. The number of anilines is 4. The molecule has 0 aromatic carbocycles. The average Bonchev–Trinajstić information content (AvgIpc) is 3.36. The first-order chi connectivity index (χ1) is 22.1. The summed E-state index contributed by atoms with van der Waals surface area (Å²) in [6, 6.07) is 1.96. The first-order valence-corrected chi connectivity index (χ1v) is 17.5. The Hall–Kier alpha value is -3.18. The van der Waals surface area contributed by atoms with Gasteiger partial charge in [-0.25, -0.2) is 9.78 Å². The Kier molecular flexibility index (Phi) is 9.89. The number of piperidine rings is 3. The molecule has 4 aliphatic rings. The van der Waals surface area contributed by atoms with Crippen LogP contribution < -0.4 is 15.1 Å². The van der Waals surface area contributed by atoms with Crippen LogP contribution in [0.15, 0.2) is 24.7 Å². The van der Waals surface area contributed by atoms with E-state index in [9.17, 15) is 9.59 Å². The van der Waals surface area contributed by atoms with E-state index in [0.29, 0.717) is 23.4 Å². The maximum absolute atomic E-state index is 13.9. The number of aromatic nitrogens is 3. The summed E-state index contributed by atoms with van der Waals surface area (Å²) in [7, 11) is 0. The number of hydrogen-bond acceptors (Lipinski definition) is 9. The molecule has 0 bridgehead atoms. The second-order valence-corrected chi connectivity index (χ2v) is 14.9. The van der Waals surface area contributed by atoms with Gasteiger partial charge in [0, 0.05) is 32.7 Å². The Bertz CT molecular complexity index is 1380. The van der Waals surface area contributed by atoms with Crippen LogP contribution in [0, 0.1) is 11.3 Å². The molecule has 1 spiro atoms. The number of ether oxygens (including phenoxy) is 1. The van der Waals surface area contributed by atoms with Gasteiger partial charge in [-0.3, -0.25) is 9.78 Å². The number of hydrogen-bond donors (Lipinski definition) is 1. The predicted octanol–water partition coefficient (Wildman–Crippen LogP) is 6.12. The molecule has 250 valence electrons. The highest BCUT2D eigenvalue weighted by Gasteiger charge is 2.48. The lowest BCUT2D eigenvalue weighted by Crippen LogP contribution is -2.45. The first-order valence-electron chi connectivity index (χ1n) is 17.1. The van der Waals surface area contributed by atoms with Crippen molar-refractivity contribution in [2.45, 2.75) is 84.2 Å². The maximum Gasteiger partial charge on any atom is 0.410 e. The van der Waals surface area contributed by atoms with Gasteiger partial charge in [-0.05, 0) is 110 Å². The molecule has 6 heterocycles. The Labute approximate surface area is 278 Å². The highest BCUT2D eigenvalue weighted by molar-refractivity contribution is 6.32. The molecule has 12 heteroatoms. The molecule has 4 saturated heterocycles. The van der Waals surface area contributed by atoms with Crippen LogP contribution in [0.2, 0.25) is 5.02 Å². The summed E-state index contributed by atoms with van der Waals surface area (Å²) in [5.41, 5.74) is 0.795. The Balaban J connectivity index is 0.986. The van der Waals surface area contributed by atoms with Gasteiger partial charge < -0.3 is 29.7 Å². The Morgan fingerprint density at radius 1 is 1.00 bits per heavy atom. The number of likely N-dealkylation sites (tertiary alicyclic amines) is 2. The summed E-state index contributed by atoms with van der Waals surface area (Å²) in [4.78, 5) is 48.3. The normalized spacial score (nSPS) is 21.2. The lowest BCUT2D eigenvalue weighted by Gasteiger charge is -2.39. The van der Waals surface area contributed by atoms with Crippen molar-refractivity contribution in [3.63, 3.8) is 0 Å². The number of carbonyl (C=O) groups excluding carboxylic acids is 2. The van der Waals surface area contributed by atoms with Crippen LogP contribution >= 0.6 is 11.6 Å². The molecule has 0 radical (unpaired) electrons. The van der Waals surface area contributed by atoms with Gasteiger partial charge in [0.15, 0.2) is 5.82 Å². The summed E-state index contributed by atoms with van der Waals surface area (Å²) in [6.45, 7) is 12.8. The summed E-state index contributed by atoms with van der Waals surface area (Å²) in [5.74, 6) is 2.07. The topological polar surface area (TPSA) is 107 Å². The zero-order chi connectivity index (χ0) is 32.3. The number of nitrogens with zero attached hydrogens (tertiary/aromatic N) is 7. The molecule has 46 heavy (non-hydrogen) atoms. The van der Waals surface area contributed by atoms with Crippen LogP contribution in [0.4, 0.5) is 27.9 Å². The van der Waals surface area contributed by atoms with E-state index >= 15 is 0 Å². The van der Waals surface area contributed by atoms with E-state index in [0.717, 1.165) is 114 Å². The van der Waals surface area contributed by atoms with Crippen LogP contribution in [-0.2, 0) is 9.53 Å². The number of nitrogens with one attached hydrogen (secondary N) is 1. The smallest absolute Gasteiger partial charge is 0.410 e. The first kappa shape index (κ1) is 32.7. The van der Waals surface area contributed by atoms with Crippen LogP contribution in [-0.4, -0.2) is 94.7 Å². The largest absolute Gasteiger partial charge is 0.444 e. The van der Waals surface area contributed by atoms with E-state index < -0.39 is 5.60 Å². The van der Waals surface area contributed by atoms with Gasteiger partial charge in [0.05, 0.1) is 35.4 Å². The van der Waals surface area contributed by atoms with Crippen molar-refractivity contribution in [3.05, 3.63) is 29.7 Å². The SMILES string of the molecule is CC(C)(C)OC(=O)N1CCC(CCN2CCC3(CC2)CCN(c2cncc(Nc4ncc(Cl)c(N5CCCCC5)n4)c2)C3=O)CC1. The minimum atomic E-state index is -0.458. The fraction of sp³-hybridized carbons (Fsp3) is 0.676. The second-order valence-electron chi connectivity index (χ2n) is 14.5. The summed E-state index contributed by atoms with van der Waals surface area (Å²) in [6.07, 6.45) is 14.3. The molecule has 2 aromatic heterocycles. The molecule has 11 nitrogen and oxygen atoms in total. The molecule has 0 aliphatic carbocycles. The quantitative estimate of drug-likeness (QED) is 0.379. The number of pyridine rings is 1.